The van der Waals surface area contributed by atoms with Gasteiger partial charge in [-0.2, -0.15) is 5.06 Å². The molecule has 0 spiro atoms. The highest BCUT2D eigenvalue weighted by Crippen LogP contribution is 2.43. The first kappa shape index (κ1) is 18.8. The van der Waals surface area contributed by atoms with Gasteiger partial charge in [-0.15, -0.1) is 0 Å². The normalized spacial score (nSPS) is 18.7. The third-order valence-electron chi connectivity index (χ3n) is 5.06. The smallest absolute Gasteiger partial charge is 0.264 e. The van der Waals surface area contributed by atoms with Crippen molar-refractivity contribution in [3.8, 4) is 0 Å². The molecule has 1 aliphatic heterocycles. The first-order valence-corrected chi connectivity index (χ1v) is 8.70. The monoisotopic (exact) mass is 366 g/mol. The largest absolute Gasteiger partial charge is 0.281 e. The first-order valence-electron chi connectivity index (χ1n) is 8.70. The zero-order valence-corrected chi connectivity index (χ0v) is 15.8. The van der Waals surface area contributed by atoms with E-state index in [0.717, 1.165) is 16.0 Å². The van der Waals surface area contributed by atoms with Crippen LogP contribution in [0.5, 0.6) is 0 Å². The molecule has 2 aromatic carbocycles. The van der Waals surface area contributed by atoms with E-state index in [1.807, 2.05) is 32.0 Å². The van der Waals surface area contributed by atoms with Gasteiger partial charge < -0.3 is 0 Å². The zero-order valence-electron chi connectivity index (χ0n) is 15.8. The van der Waals surface area contributed by atoms with Crippen LogP contribution in [0.2, 0.25) is 0 Å². The molecule has 3 amide bonds. The van der Waals surface area contributed by atoms with Crippen LogP contribution in [0.3, 0.4) is 0 Å². The molecule has 0 aliphatic carbocycles. The van der Waals surface area contributed by atoms with Gasteiger partial charge in [0, 0.05) is 0 Å². The fourth-order valence-corrected chi connectivity index (χ4v) is 3.55. The Labute approximate surface area is 158 Å². The van der Waals surface area contributed by atoms with Gasteiger partial charge in [-0.25, -0.2) is 4.90 Å². The van der Waals surface area contributed by atoms with Gasteiger partial charge in [0.1, 0.15) is 5.92 Å². The number of anilines is 2. The molecule has 0 saturated carbocycles. The molecule has 0 bridgehead atoms. The second-order valence-corrected chi connectivity index (χ2v) is 7.36. The van der Waals surface area contributed by atoms with E-state index >= 15 is 0 Å². The molecule has 0 aromatic heterocycles. The van der Waals surface area contributed by atoms with Crippen LogP contribution >= 0.6 is 0 Å². The van der Waals surface area contributed by atoms with Crippen LogP contribution in [0.15, 0.2) is 48.5 Å². The number of para-hydroxylation sites is 2. The summed E-state index contributed by atoms with van der Waals surface area (Å²) in [5, 5.41) is 10.8. The van der Waals surface area contributed by atoms with Gasteiger partial charge in [0.15, 0.2) is 0 Å². The van der Waals surface area contributed by atoms with Gasteiger partial charge in [-0.05, 0) is 51.0 Å². The topological polar surface area (TPSA) is 77.9 Å². The van der Waals surface area contributed by atoms with E-state index in [9.17, 15) is 19.6 Å². The summed E-state index contributed by atoms with van der Waals surface area (Å²) in [5.74, 6) is -3.21. The molecule has 1 heterocycles. The molecule has 6 heteroatoms. The van der Waals surface area contributed by atoms with Crippen LogP contribution < -0.4 is 9.96 Å². The minimum Gasteiger partial charge on any atom is -0.281 e. The van der Waals surface area contributed by atoms with Gasteiger partial charge in [-0.1, -0.05) is 36.4 Å². The average Bonchev–Trinajstić information content (AvgIpc) is 2.80. The van der Waals surface area contributed by atoms with Crippen molar-refractivity contribution in [3.05, 3.63) is 59.7 Å². The number of nitrogens with zero attached hydrogens (tertiary/aromatic N) is 2. The quantitative estimate of drug-likeness (QED) is 0.391. The number of hydrogen-bond acceptors (Lipinski definition) is 4. The van der Waals surface area contributed by atoms with Gasteiger partial charge in [-0.3, -0.25) is 19.6 Å². The first-order chi connectivity index (χ1) is 12.7. The Morgan fingerprint density at radius 1 is 1.00 bits per heavy atom. The van der Waals surface area contributed by atoms with Gasteiger partial charge in [0.25, 0.3) is 5.91 Å². The summed E-state index contributed by atoms with van der Waals surface area (Å²) >= 11 is 0. The minimum atomic E-state index is -1.31. The number of hydroxylamine groups is 1. The SMILES string of the molecule is Cc1cccc(C)c1N1C(=O)C(C(=O)N(O)c2ccccc2)C(C)(C)C1=O. The van der Waals surface area contributed by atoms with E-state index in [1.54, 1.807) is 44.2 Å². The highest BCUT2D eigenvalue weighted by Gasteiger charge is 2.59. The van der Waals surface area contributed by atoms with Crippen molar-refractivity contribution in [1.29, 1.82) is 0 Å². The van der Waals surface area contributed by atoms with Crippen LogP contribution in [0.4, 0.5) is 11.4 Å². The fourth-order valence-electron chi connectivity index (χ4n) is 3.55. The summed E-state index contributed by atoms with van der Waals surface area (Å²) in [6.07, 6.45) is 0. The van der Waals surface area contributed by atoms with Crippen LogP contribution in [-0.4, -0.2) is 22.9 Å². The molecule has 3 rings (SSSR count). The van der Waals surface area contributed by atoms with E-state index in [1.165, 1.54) is 0 Å². The number of benzene rings is 2. The lowest BCUT2D eigenvalue weighted by Crippen LogP contribution is -2.42. The molecule has 1 fully saturated rings. The maximum Gasteiger partial charge on any atom is 0.264 e. The van der Waals surface area contributed by atoms with Crippen molar-refractivity contribution < 1.29 is 19.6 Å². The van der Waals surface area contributed by atoms with Crippen LogP contribution in [0, 0.1) is 25.2 Å². The van der Waals surface area contributed by atoms with Crippen molar-refractivity contribution in [1.82, 2.24) is 0 Å². The fraction of sp³-hybridized carbons (Fsp3) is 0.286. The highest BCUT2D eigenvalue weighted by atomic mass is 16.5. The second kappa shape index (κ2) is 6.63. The summed E-state index contributed by atoms with van der Waals surface area (Å²) in [6, 6.07) is 13.7. The Kier molecular flexibility index (Phi) is 4.61. The molecule has 1 atom stereocenters. The predicted molar refractivity (Wildman–Crippen MR) is 101 cm³/mol. The van der Waals surface area contributed by atoms with Crippen molar-refractivity contribution >= 4 is 29.1 Å². The Bertz CT molecular complexity index is 901. The molecule has 1 unspecified atom stereocenters. The van der Waals surface area contributed by atoms with Crippen molar-refractivity contribution in [2.75, 3.05) is 9.96 Å². The van der Waals surface area contributed by atoms with E-state index < -0.39 is 29.1 Å². The van der Waals surface area contributed by atoms with Crippen molar-refractivity contribution in [2.45, 2.75) is 27.7 Å². The Hall–Kier alpha value is -2.99. The van der Waals surface area contributed by atoms with Crippen LogP contribution in [0.25, 0.3) is 0 Å². The number of carbonyl (C=O) groups is 3. The molecule has 1 saturated heterocycles. The third kappa shape index (κ3) is 2.92. The van der Waals surface area contributed by atoms with E-state index in [0.29, 0.717) is 10.8 Å². The molecule has 2 aromatic rings. The lowest BCUT2D eigenvalue weighted by Gasteiger charge is -2.24. The van der Waals surface area contributed by atoms with E-state index in [-0.39, 0.29) is 5.69 Å². The molecular weight excluding hydrogens is 344 g/mol. The summed E-state index contributed by atoms with van der Waals surface area (Å²) in [6.45, 7) is 6.74. The van der Waals surface area contributed by atoms with Gasteiger partial charge >= 0.3 is 0 Å². The van der Waals surface area contributed by atoms with E-state index in [4.69, 9.17) is 0 Å². The van der Waals surface area contributed by atoms with E-state index in [2.05, 4.69) is 0 Å². The molecule has 1 aliphatic rings. The standard InChI is InChI=1S/C21H22N2O4/c1-13-9-8-10-14(2)17(13)22-18(24)16(21(3,4)20(22)26)19(25)23(27)15-11-6-5-7-12-15/h5-12,16,27H,1-4H3. The summed E-state index contributed by atoms with van der Waals surface area (Å²) < 4.78 is 0. The van der Waals surface area contributed by atoms with Crippen LogP contribution in [-0.2, 0) is 14.4 Å². The minimum absolute atomic E-state index is 0.240. The Morgan fingerprint density at radius 2 is 1.56 bits per heavy atom. The third-order valence-corrected chi connectivity index (χ3v) is 5.06. The average molecular weight is 366 g/mol. The number of imide groups is 1. The summed E-state index contributed by atoms with van der Waals surface area (Å²) in [4.78, 5) is 40.3. The lowest BCUT2D eigenvalue weighted by molar-refractivity contribution is -0.139. The number of carbonyl (C=O) groups excluding carboxylic acids is 3. The number of hydrogen-bond donors (Lipinski definition) is 1. The molecule has 0 radical (unpaired) electrons. The van der Waals surface area contributed by atoms with Crippen molar-refractivity contribution in [3.63, 3.8) is 0 Å². The Morgan fingerprint density at radius 3 is 2.11 bits per heavy atom. The lowest BCUT2D eigenvalue weighted by atomic mass is 9.80. The molecule has 1 N–H and O–H groups in total. The van der Waals surface area contributed by atoms with Gasteiger partial charge in [0.2, 0.25) is 11.8 Å². The molecule has 140 valence electrons. The predicted octanol–water partition coefficient (Wildman–Crippen LogP) is 3.24. The summed E-state index contributed by atoms with van der Waals surface area (Å²) in [5.41, 5.74) is 0.997. The molecular formula is C21H22N2O4. The Balaban J connectivity index is 2.04. The highest BCUT2D eigenvalue weighted by molar-refractivity contribution is 6.30. The zero-order chi connectivity index (χ0) is 19.9. The van der Waals surface area contributed by atoms with Crippen LogP contribution in [0.1, 0.15) is 25.0 Å². The molecule has 27 heavy (non-hydrogen) atoms. The van der Waals surface area contributed by atoms with Crippen molar-refractivity contribution in [2.24, 2.45) is 11.3 Å². The summed E-state index contributed by atoms with van der Waals surface area (Å²) in [7, 11) is 0. The molecule has 6 nitrogen and oxygen atoms in total. The number of rotatable bonds is 3. The number of amides is 3. The van der Waals surface area contributed by atoms with Gasteiger partial charge in [0.05, 0.1) is 16.8 Å². The second-order valence-electron chi connectivity index (χ2n) is 7.36. The maximum absolute atomic E-state index is 13.2. The maximum atomic E-state index is 13.2. The number of aryl methyl sites for hydroxylation is 2.